The molecule has 2 saturated heterocycles. The van der Waals surface area contributed by atoms with Crippen molar-refractivity contribution < 1.29 is 58.1 Å². The smallest absolute Gasteiger partial charge is 0.330 e. The van der Waals surface area contributed by atoms with Gasteiger partial charge in [-0.05, 0) is 71.7 Å². The van der Waals surface area contributed by atoms with Gasteiger partial charge in [-0.25, -0.2) is 4.79 Å². The summed E-state index contributed by atoms with van der Waals surface area (Å²) in [6, 6.07) is -0.158. The molecule has 14 atom stereocenters. The van der Waals surface area contributed by atoms with E-state index in [2.05, 4.69) is 0 Å². The van der Waals surface area contributed by atoms with Crippen molar-refractivity contribution in [3.05, 3.63) is 36.5 Å². The average Bonchev–Trinajstić information content (AvgIpc) is 3.05. The number of hydrogen-bond donors (Lipinski definition) is 3. The number of hydrogen-bond acceptors (Lipinski definition) is 13. The third-order valence-electron chi connectivity index (χ3n) is 9.78. The molecule has 3 rings (SSSR count). The number of carbonyl (C=O) groups excluding carboxylic acids is 2. The molecule has 0 amide bonds. The Labute approximate surface area is 291 Å². The first-order chi connectivity index (χ1) is 23.1. The van der Waals surface area contributed by atoms with E-state index < -0.39 is 66.9 Å². The van der Waals surface area contributed by atoms with Crippen molar-refractivity contribution in [2.45, 2.75) is 133 Å². The first kappa shape index (κ1) is 41.4. The fraction of sp³-hybridized carbons (Fsp3) is 0.778. The number of likely N-dealkylation sites (N-methyl/N-ethyl adjacent to an activating group) is 1. The van der Waals surface area contributed by atoms with Crippen molar-refractivity contribution in [3.63, 3.8) is 0 Å². The summed E-state index contributed by atoms with van der Waals surface area (Å²) >= 11 is 0. The molecule has 0 radical (unpaired) electrons. The molecule has 0 aromatic rings. The summed E-state index contributed by atoms with van der Waals surface area (Å²) in [7, 11) is 6.70. The van der Waals surface area contributed by atoms with Crippen LogP contribution in [-0.2, 0) is 42.7 Å². The van der Waals surface area contributed by atoms with Crippen LogP contribution in [0.3, 0.4) is 0 Å². The number of ether oxygens (including phenoxy) is 7. The van der Waals surface area contributed by atoms with Crippen LogP contribution in [0.4, 0.5) is 0 Å². The highest BCUT2D eigenvalue weighted by atomic mass is 16.7. The van der Waals surface area contributed by atoms with Gasteiger partial charge >= 0.3 is 5.97 Å². The zero-order valence-corrected chi connectivity index (χ0v) is 30.5. The van der Waals surface area contributed by atoms with E-state index in [9.17, 15) is 24.9 Å². The number of allylic oxidation sites excluding steroid dienone is 3. The summed E-state index contributed by atoms with van der Waals surface area (Å²) in [5.41, 5.74) is -1.84. The number of rotatable bonds is 9. The van der Waals surface area contributed by atoms with Crippen molar-refractivity contribution >= 4 is 11.8 Å². The zero-order valence-electron chi connectivity index (χ0n) is 30.5. The van der Waals surface area contributed by atoms with Gasteiger partial charge in [0.05, 0.1) is 24.9 Å². The monoisotopic (exact) mass is 697 g/mol. The maximum absolute atomic E-state index is 13.1. The molecule has 280 valence electrons. The topological polar surface area (TPSA) is 163 Å². The molecule has 13 nitrogen and oxygen atoms in total. The summed E-state index contributed by atoms with van der Waals surface area (Å²) in [4.78, 5) is 28.2. The predicted octanol–water partition coefficient (Wildman–Crippen LogP) is 2.31. The number of methoxy groups -OCH3 is 2. The largest absolute Gasteiger partial charge is 0.456 e. The molecule has 14 unspecified atom stereocenters. The van der Waals surface area contributed by atoms with Gasteiger partial charge in [0, 0.05) is 32.3 Å². The highest BCUT2D eigenvalue weighted by molar-refractivity contribution is 5.91. The van der Waals surface area contributed by atoms with E-state index >= 15 is 0 Å². The van der Waals surface area contributed by atoms with Crippen LogP contribution in [0.5, 0.6) is 0 Å². The molecule has 0 aromatic carbocycles. The van der Waals surface area contributed by atoms with Crippen molar-refractivity contribution in [1.29, 1.82) is 0 Å². The second-order valence-corrected chi connectivity index (χ2v) is 13.9. The van der Waals surface area contributed by atoms with Gasteiger partial charge in [-0.1, -0.05) is 39.0 Å². The Morgan fingerprint density at radius 1 is 0.939 bits per heavy atom. The molecule has 3 aliphatic rings. The number of carbonyl (C=O) groups is 2. The first-order valence-electron chi connectivity index (χ1n) is 17.3. The molecule has 3 aliphatic heterocycles. The normalized spacial score (nSPS) is 43.6. The van der Waals surface area contributed by atoms with E-state index in [1.54, 1.807) is 19.9 Å². The van der Waals surface area contributed by atoms with Crippen LogP contribution in [0.1, 0.15) is 60.3 Å². The summed E-state index contributed by atoms with van der Waals surface area (Å²) < 4.78 is 41.1. The number of aliphatic hydroxyl groups excluding tert-OH is 2. The molecule has 49 heavy (non-hydrogen) atoms. The highest BCUT2D eigenvalue weighted by Crippen LogP contribution is 2.31. The van der Waals surface area contributed by atoms with Gasteiger partial charge < -0.3 is 53.4 Å². The van der Waals surface area contributed by atoms with E-state index in [0.717, 1.165) is 0 Å². The van der Waals surface area contributed by atoms with Gasteiger partial charge in [-0.15, -0.1) is 0 Å². The SMILES string of the molecule is CCC1OC(=O)/C=C\CC(OC2OC(C)CC(N(C)C)C2O)C(C)CC(C)C(=O)/C=C\C=C\C1(O)COC1OC(C)C(O)C(OC)C1OC. The Morgan fingerprint density at radius 2 is 1.63 bits per heavy atom. The van der Waals surface area contributed by atoms with Gasteiger partial charge in [0.25, 0.3) is 0 Å². The summed E-state index contributed by atoms with van der Waals surface area (Å²) in [5.74, 6) is -1.27. The van der Waals surface area contributed by atoms with Crippen molar-refractivity contribution in [1.82, 2.24) is 4.90 Å². The first-order valence-corrected chi connectivity index (χ1v) is 17.3. The lowest BCUT2D eigenvalue weighted by Gasteiger charge is -2.43. The second-order valence-electron chi connectivity index (χ2n) is 13.9. The molecule has 0 aromatic heterocycles. The lowest BCUT2D eigenvalue weighted by molar-refractivity contribution is -0.310. The minimum atomic E-state index is -1.84. The van der Waals surface area contributed by atoms with Crippen LogP contribution in [-0.4, -0.2) is 140 Å². The van der Waals surface area contributed by atoms with Gasteiger partial charge in [0.15, 0.2) is 18.4 Å². The molecule has 0 bridgehead atoms. The lowest BCUT2D eigenvalue weighted by Crippen LogP contribution is -2.59. The number of cyclic esters (lactones) is 1. The van der Waals surface area contributed by atoms with Crippen LogP contribution >= 0.6 is 0 Å². The van der Waals surface area contributed by atoms with E-state index in [0.29, 0.717) is 12.8 Å². The van der Waals surface area contributed by atoms with Crippen molar-refractivity contribution in [3.8, 4) is 0 Å². The molecular formula is C36H59NO12. The summed E-state index contributed by atoms with van der Waals surface area (Å²) in [5, 5.41) is 33.5. The minimum absolute atomic E-state index is 0.108. The molecule has 0 aliphatic carbocycles. The second kappa shape index (κ2) is 19.0. The Kier molecular flexibility index (Phi) is 16.0. The fourth-order valence-corrected chi connectivity index (χ4v) is 6.73. The molecule has 2 fully saturated rings. The van der Waals surface area contributed by atoms with Gasteiger partial charge in [-0.3, -0.25) is 4.79 Å². The van der Waals surface area contributed by atoms with Crippen LogP contribution in [0.25, 0.3) is 0 Å². The minimum Gasteiger partial charge on any atom is -0.456 e. The standard InChI is InChI=1S/C36H59NO12/c1-10-28-36(42,20-45-35-33(44-9)32(43-8)30(40)24(5)47-35)17-12-11-14-26(38)21(2)18-22(3)27(15-13-16-29(39)49-28)48-34-31(41)25(37(6)7)19-23(4)46-34/h11-14,16-17,21-25,27-28,30-35,40-42H,10,15,18-20H2,1-9H3/b14-11-,16-13-,17-12+. The lowest BCUT2D eigenvalue weighted by atomic mass is 9.88. The Hall–Kier alpha value is -2.04. The van der Waals surface area contributed by atoms with E-state index in [1.165, 1.54) is 44.6 Å². The summed E-state index contributed by atoms with van der Waals surface area (Å²) in [6.45, 7) is 8.82. The number of aliphatic hydroxyl groups is 3. The maximum Gasteiger partial charge on any atom is 0.330 e. The summed E-state index contributed by atoms with van der Waals surface area (Å²) in [6.07, 6.45) is 2.86. The van der Waals surface area contributed by atoms with E-state index in [4.69, 9.17) is 33.2 Å². The average molecular weight is 698 g/mol. The molecular weight excluding hydrogens is 638 g/mol. The van der Waals surface area contributed by atoms with Crippen molar-refractivity contribution in [2.75, 3.05) is 34.9 Å². The third-order valence-corrected chi connectivity index (χ3v) is 9.78. The van der Waals surface area contributed by atoms with Gasteiger partial charge in [-0.2, -0.15) is 0 Å². The Morgan fingerprint density at radius 3 is 2.27 bits per heavy atom. The van der Waals surface area contributed by atoms with Gasteiger partial charge in [0.2, 0.25) is 0 Å². The predicted molar refractivity (Wildman–Crippen MR) is 180 cm³/mol. The fourth-order valence-electron chi connectivity index (χ4n) is 6.73. The van der Waals surface area contributed by atoms with E-state index in [-0.39, 0.29) is 49.2 Å². The highest BCUT2D eigenvalue weighted by Gasteiger charge is 2.47. The van der Waals surface area contributed by atoms with Crippen molar-refractivity contribution in [2.24, 2.45) is 11.8 Å². The zero-order chi connectivity index (χ0) is 36.5. The quantitative estimate of drug-likeness (QED) is 0.301. The van der Waals surface area contributed by atoms with Crippen LogP contribution in [0.15, 0.2) is 36.5 Å². The number of esters is 1. The molecule has 13 heteroatoms. The molecule has 0 saturated carbocycles. The maximum atomic E-state index is 13.1. The third kappa shape index (κ3) is 11.0. The van der Waals surface area contributed by atoms with Crippen LogP contribution in [0.2, 0.25) is 0 Å². The Bertz CT molecular complexity index is 1150. The number of ketones is 1. The van der Waals surface area contributed by atoms with Crippen LogP contribution in [0, 0.1) is 11.8 Å². The van der Waals surface area contributed by atoms with Crippen LogP contribution < -0.4 is 0 Å². The van der Waals surface area contributed by atoms with Gasteiger partial charge in [0.1, 0.15) is 36.1 Å². The molecule has 0 spiro atoms. The number of nitrogens with zero attached hydrogens (tertiary/aromatic N) is 1. The molecule has 3 heterocycles. The Balaban J connectivity index is 1.86. The van der Waals surface area contributed by atoms with E-state index in [1.807, 2.05) is 39.8 Å². The molecule has 3 N–H and O–H groups in total.